The summed E-state index contributed by atoms with van der Waals surface area (Å²) in [5.41, 5.74) is 1.78. The third kappa shape index (κ3) is 4.13. The molecule has 1 saturated heterocycles. The molecule has 1 aliphatic heterocycles. The van der Waals surface area contributed by atoms with E-state index in [4.69, 9.17) is 0 Å². The molecule has 6 nitrogen and oxygen atoms in total. The average molecular weight is 377 g/mol. The molecule has 1 fully saturated rings. The highest BCUT2D eigenvalue weighted by molar-refractivity contribution is 7.99. The van der Waals surface area contributed by atoms with Gasteiger partial charge in [-0.25, -0.2) is 0 Å². The van der Waals surface area contributed by atoms with E-state index in [9.17, 15) is 14.4 Å². The average Bonchev–Trinajstić information content (AvgIpc) is 3.23. The van der Waals surface area contributed by atoms with Gasteiger partial charge in [0, 0.05) is 23.4 Å². The molecule has 0 radical (unpaired) electrons. The molecule has 1 atom stereocenters. The zero-order valence-corrected chi connectivity index (χ0v) is 15.4. The summed E-state index contributed by atoms with van der Waals surface area (Å²) in [5, 5.41) is 4.63. The Hall–Kier alpha value is -2.06. The van der Waals surface area contributed by atoms with Gasteiger partial charge >= 0.3 is 4.87 Å². The van der Waals surface area contributed by atoms with Crippen LogP contribution in [0.1, 0.15) is 11.3 Å². The van der Waals surface area contributed by atoms with Crippen LogP contribution in [0.3, 0.4) is 0 Å². The van der Waals surface area contributed by atoms with Crippen molar-refractivity contribution in [3.8, 4) is 0 Å². The Morgan fingerprint density at radius 2 is 2.04 bits per heavy atom. The molecule has 25 heavy (non-hydrogen) atoms. The number of benzene rings is 1. The van der Waals surface area contributed by atoms with Crippen LogP contribution in [-0.2, 0) is 22.7 Å². The van der Waals surface area contributed by atoms with Gasteiger partial charge in [0.2, 0.25) is 11.8 Å². The minimum Gasteiger partial charge on any atom is -0.350 e. The number of nitrogens with zero attached hydrogens (tertiary/aromatic N) is 2. The number of thioether (sulfide) groups is 1. The number of carbonyl (C=O) groups is 2. The predicted molar refractivity (Wildman–Crippen MR) is 99.6 cm³/mol. The zero-order chi connectivity index (χ0) is 17.8. The number of amides is 2. The van der Waals surface area contributed by atoms with Crippen molar-refractivity contribution >= 4 is 34.9 Å². The lowest BCUT2D eigenvalue weighted by Crippen LogP contribution is -2.48. The van der Waals surface area contributed by atoms with E-state index in [1.807, 2.05) is 30.3 Å². The fourth-order valence-electron chi connectivity index (χ4n) is 2.63. The number of rotatable bonds is 5. The molecule has 1 aromatic heterocycles. The summed E-state index contributed by atoms with van der Waals surface area (Å²) < 4.78 is 1.45. The number of aryl methyl sites for hydroxylation is 1. The van der Waals surface area contributed by atoms with Gasteiger partial charge in [0.25, 0.3) is 0 Å². The van der Waals surface area contributed by atoms with Crippen LogP contribution in [0, 0.1) is 6.92 Å². The van der Waals surface area contributed by atoms with Crippen molar-refractivity contribution in [2.24, 2.45) is 0 Å². The van der Waals surface area contributed by atoms with Crippen LogP contribution >= 0.6 is 23.1 Å². The van der Waals surface area contributed by atoms with Gasteiger partial charge in [0.15, 0.2) is 0 Å². The molecule has 8 heteroatoms. The molecule has 0 saturated carbocycles. The van der Waals surface area contributed by atoms with E-state index in [0.717, 1.165) is 22.6 Å². The number of aromatic nitrogens is 1. The van der Waals surface area contributed by atoms with Crippen LogP contribution in [0.5, 0.6) is 0 Å². The van der Waals surface area contributed by atoms with E-state index < -0.39 is 6.04 Å². The highest BCUT2D eigenvalue weighted by Gasteiger charge is 2.34. The standard InChI is InChI=1S/C17H19N3O3S2/c1-12-9-25-17(23)19(12)8-15(21)20-11-24-10-14(20)16(22)18-7-13-5-3-2-4-6-13/h2-6,9,14H,7-8,10-11H2,1H3,(H,18,22). The van der Waals surface area contributed by atoms with E-state index in [-0.39, 0.29) is 23.2 Å². The molecule has 0 spiro atoms. The second-order valence-corrected chi connectivity index (χ2v) is 7.63. The zero-order valence-electron chi connectivity index (χ0n) is 13.8. The van der Waals surface area contributed by atoms with Crippen LogP contribution in [0.4, 0.5) is 0 Å². The molecule has 0 bridgehead atoms. The van der Waals surface area contributed by atoms with Gasteiger partial charge in [-0.05, 0) is 12.5 Å². The Morgan fingerprint density at radius 1 is 1.28 bits per heavy atom. The minimum absolute atomic E-state index is 0.0167. The monoisotopic (exact) mass is 377 g/mol. The first kappa shape index (κ1) is 17.8. The molecule has 1 aliphatic rings. The van der Waals surface area contributed by atoms with E-state index >= 15 is 0 Å². The van der Waals surface area contributed by atoms with Crippen LogP contribution in [0.2, 0.25) is 0 Å². The SMILES string of the molecule is Cc1csc(=O)n1CC(=O)N1CSCC1C(=O)NCc1ccccc1. The van der Waals surface area contributed by atoms with Crippen LogP contribution in [0.25, 0.3) is 0 Å². The highest BCUT2D eigenvalue weighted by Crippen LogP contribution is 2.21. The molecule has 0 aliphatic carbocycles. The third-order valence-corrected chi connectivity index (χ3v) is 5.98. The molecule has 2 amide bonds. The predicted octanol–water partition coefficient (Wildman–Crippen LogP) is 1.44. The maximum absolute atomic E-state index is 12.6. The number of nitrogens with one attached hydrogen (secondary N) is 1. The van der Waals surface area contributed by atoms with Gasteiger partial charge in [0.05, 0.1) is 5.88 Å². The van der Waals surface area contributed by atoms with Crippen molar-refractivity contribution in [2.45, 2.75) is 26.1 Å². The molecule has 1 aromatic carbocycles. The Morgan fingerprint density at radius 3 is 2.72 bits per heavy atom. The molecule has 2 heterocycles. The van der Waals surface area contributed by atoms with E-state index in [1.165, 1.54) is 4.57 Å². The summed E-state index contributed by atoms with van der Waals surface area (Å²) in [4.78, 5) is 38.3. The summed E-state index contributed by atoms with van der Waals surface area (Å²) in [6, 6.07) is 9.16. The van der Waals surface area contributed by atoms with Crippen molar-refractivity contribution in [1.29, 1.82) is 0 Å². The molecular formula is C17H19N3O3S2. The fourth-order valence-corrected chi connectivity index (χ4v) is 4.55. The lowest BCUT2D eigenvalue weighted by molar-refractivity contribution is -0.138. The normalized spacial score (nSPS) is 16.8. The minimum atomic E-state index is -0.490. The second-order valence-electron chi connectivity index (χ2n) is 5.81. The van der Waals surface area contributed by atoms with E-state index in [1.54, 1.807) is 29.0 Å². The summed E-state index contributed by atoms with van der Waals surface area (Å²) in [7, 11) is 0. The maximum atomic E-state index is 12.6. The molecule has 132 valence electrons. The Kier molecular flexibility index (Phi) is 5.60. The van der Waals surface area contributed by atoms with E-state index in [0.29, 0.717) is 18.2 Å². The summed E-state index contributed by atoms with van der Waals surface area (Å²) in [6.07, 6.45) is 0. The topological polar surface area (TPSA) is 71.4 Å². The fraction of sp³-hybridized carbons (Fsp3) is 0.353. The summed E-state index contributed by atoms with van der Waals surface area (Å²) in [6.45, 7) is 2.22. The molecular weight excluding hydrogens is 358 g/mol. The van der Waals surface area contributed by atoms with Gasteiger partial charge in [0.1, 0.15) is 12.6 Å². The van der Waals surface area contributed by atoms with E-state index in [2.05, 4.69) is 5.32 Å². The Bertz CT molecular complexity index is 816. The van der Waals surface area contributed by atoms with Gasteiger partial charge in [-0.3, -0.25) is 19.0 Å². The largest absolute Gasteiger partial charge is 0.350 e. The number of thiazole rings is 1. The smallest absolute Gasteiger partial charge is 0.307 e. The summed E-state index contributed by atoms with van der Waals surface area (Å²) >= 11 is 2.63. The van der Waals surface area contributed by atoms with Crippen molar-refractivity contribution in [1.82, 2.24) is 14.8 Å². The van der Waals surface area contributed by atoms with Crippen molar-refractivity contribution in [2.75, 3.05) is 11.6 Å². The first-order valence-corrected chi connectivity index (χ1v) is 9.93. The maximum Gasteiger partial charge on any atom is 0.307 e. The Labute approximate surface area is 153 Å². The lowest BCUT2D eigenvalue weighted by Gasteiger charge is -2.23. The molecule has 2 aromatic rings. The third-order valence-electron chi connectivity index (χ3n) is 4.08. The van der Waals surface area contributed by atoms with Crippen LogP contribution < -0.4 is 10.2 Å². The molecule has 1 unspecified atom stereocenters. The molecule has 3 rings (SSSR count). The van der Waals surface area contributed by atoms with Crippen LogP contribution in [-0.4, -0.2) is 39.0 Å². The number of hydrogen-bond donors (Lipinski definition) is 1. The van der Waals surface area contributed by atoms with Crippen molar-refractivity contribution in [3.05, 3.63) is 56.6 Å². The molecule has 1 N–H and O–H groups in total. The first-order valence-electron chi connectivity index (χ1n) is 7.90. The summed E-state index contributed by atoms with van der Waals surface area (Å²) in [5.74, 6) is 0.689. The van der Waals surface area contributed by atoms with Crippen molar-refractivity contribution in [3.63, 3.8) is 0 Å². The van der Waals surface area contributed by atoms with Gasteiger partial charge in [-0.15, -0.1) is 11.8 Å². The van der Waals surface area contributed by atoms with Gasteiger partial charge in [-0.2, -0.15) is 0 Å². The quantitative estimate of drug-likeness (QED) is 0.856. The number of carbonyl (C=O) groups excluding carboxylic acids is 2. The van der Waals surface area contributed by atoms with Gasteiger partial charge < -0.3 is 10.2 Å². The Balaban J connectivity index is 1.62. The second kappa shape index (κ2) is 7.88. The van der Waals surface area contributed by atoms with Crippen LogP contribution in [0.15, 0.2) is 40.5 Å². The lowest BCUT2D eigenvalue weighted by atomic mass is 10.2. The highest BCUT2D eigenvalue weighted by atomic mass is 32.2. The van der Waals surface area contributed by atoms with Crippen molar-refractivity contribution < 1.29 is 9.59 Å². The van der Waals surface area contributed by atoms with Gasteiger partial charge in [-0.1, -0.05) is 41.7 Å². The number of hydrogen-bond acceptors (Lipinski definition) is 5. The first-order chi connectivity index (χ1) is 12.1.